The van der Waals surface area contributed by atoms with Crippen molar-refractivity contribution in [3.05, 3.63) is 64.7 Å². The number of hydrogen-bond acceptors (Lipinski definition) is 4. The summed E-state index contributed by atoms with van der Waals surface area (Å²) in [5.74, 6) is -0.267. The van der Waals surface area contributed by atoms with Crippen molar-refractivity contribution in [2.24, 2.45) is 0 Å². The Bertz CT molecular complexity index is 791. The highest BCUT2D eigenvalue weighted by molar-refractivity contribution is 6.30. The number of halogens is 1. The van der Waals surface area contributed by atoms with Crippen LogP contribution in [0.25, 0.3) is 0 Å². The van der Waals surface area contributed by atoms with Crippen molar-refractivity contribution in [2.75, 3.05) is 24.6 Å². The van der Waals surface area contributed by atoms with Gasteiger partial charge in [-0.15, -0.1) is 0 Å². The lowest BCUT2D eigenvalue weighted by molar-refractivity contribution is 0.0526. The molecule has 2 aliphatic rings. The zero-order chi connectivity index (χ0) is 18.8. The summed E-state index contributed by atoms with van der Waals surface area (Å²) in [6, 6.07) is 16.6. The summed E-state index contributed by atoms with van der Waals surface area (Å²) in [6.45, 7) is 4.34. The van der Waals surface area contributed by atoms with Gasteiger partial charge in [0.05, 0.1) is 12.2 Å². The van der Waals surface area contributed by atoms with Gasteiger partial charge in [-0.25, -0.2) is 4.79 Å². The first kappa shape index (κ1) is 18.3. The Balaban J connectivity index is 1.64. The molecule has 2 aromatic rings. The molecule has 0 aliphatic carbocycles. The Kier molecular flexibility index (Phi) is 5.37. The van der Waals surface area contributed by atoms with Crippen LogP contribution in [0.1, 0.15) is 48.3 Å². The standard InChI is InChI=1S/C22H25ClN2O2/c1-2-27-22(26)17-8-12-19(13-9-17)25-15-20-5-3-4-14-24(20)21(25)16-6-10-18(23)11-7-16/h6-13,20-21H,2-5,14-15H2,1H3. The number of carbonyl (C=O) groups is 1. The first-order valence-electron chi connectivity index (χ1n) is 9.72. The van der Waals surface area contributed by atoms with Crippen LogP contribution in [0, 0.1) is 0 Å². The van der Waals surface area contributed by atoms with Crippen LogP contribution in [0.5, 0.6) is 0 Å². The number of hydrogen-bond donors (Lipinski definition) is 0. The monoisotopic (exact) mass is 384 g/mol. The normalized spacial score (nSPS) is 22.5. The number of nitrogens with zero attached hydrogens (tertiary/aromatic N) is 2. The maximum Gasteiger partial charge on any atom is 0.338 e. The molecule has 2 saturated heterocycles. The Hall–Kier alpha value is -2.04. The molecule has 0 spiro atoms. The van der Waals surface area contributed by atoms with Crippen molar-refractivity contribution in [1.82, 2.24) is 4.90 Å². The topological polar surface area (TPSA) is 32.8 Å². The van der Waals surface area contributed by atoms with Gasteiger partial charge in [0.25, 0.3) is 0 Å². The summed E-state index contributed by atoms with van der Waals surface area (Å²) in [7, 11) is 0. The minimum Gasteiger partial charge on any atom is -0.462 e. The van der Waals surface area contributed by atoms with E-state index in [4.69, 9.17) is 16.3 Å². The van der Waals surface area contributed by atoms with Crippen molar-refractivity contribution in [3.63, 3.8) is 0 Å². The molecule has 0 saturated carbocycles. The first-order valence-corrected chi connectivity index (χ1v) is 10.1. The molecule has 2 aromatic carbocycles. The summed E-state index contributed by atoms with van der Waals surface area (Å²) in [4.78, 5) is 17.0. The van der Waals surface area contributed by atoms with Crippen LogP contribution in [0.3, 0.4) is 0 Å². The minimum absolute atomic E-state index is 0.209. The molecule has 0 bridgehead atoms. The van der Waals surface area contributed by atoms with Gasteiger partial charge in [0.1, 0.15) is 6.17 Å². The quantitative estimate of drug-likeness (QED) is 0.702. The number of carbonyl (C=O) groups excluding carboxylic acids is 1. The van der Waals surface area contributed by atoms with Crippen LogP contribution in [-0.2, 0) is 4.74 Å². The van der Waals surface area contributed by atoms with Gasteiger partial charge in [-0.1, -0.05) is 30.2 Å². The Morgan fingerprint density at radius 3 is 2.56 bits per heavy atom. The second-order valence-electron chi connectivity index (χ2n) is 7.23. The van der Waals surface area contributed by atoms with Gasteiger partial charge in [0.2, 0.25) is 0 Å². The number of piperidine rings is 1. The summed E-state index contributed by atoms with van der Waals surface area (Å²) >= 11 is 6.11. The second-order valence-corrected chi connectivity index (χ2v) is 7.67. The van der Waals surface area contributed by atoms with E-state index in [1.807, 2.05) is 43.3 Å². The number of anilines is 1. The van der Waals surface area contributed by atoms with E-state index in [1.54, 1.807) is 0 Å². The summed E-state index contributed by atoms with van der Waals surface area (Å²) in [6.07, 6.45) is 3.99. The zero-order valence-electron chi connectivity index (χ0n) is 15.6. The van der Waals surface area contributed by atoms with Crippen molar-refractivity contribution >= 4 is 23.3 Å². The Labute approximate surface area is 165 Å². The van der Waals surface area contributed by atoms with Gasteiger partial charge in [0, 0.05) is 29.8 Å². The van der Waals surface area contributed by atoms with Crippen LogP contribution in [0.15, 0.2) is 48.5 Å². The van der Waals surface area contributed by atoms with Crippen LogP contribution in [0.4, 0.5) is 5.69 Å². The SMILES string of the molecule is CCOC(=O)c1ccc(N2CC3CCCCN3C2c2ccc(Cl)cc2)cc1. The molecule has 0 aromatic heterocycles. The third kappa shape index (κ3) is 3.69. The average Bonchev–Trinajstić information content (AvgIpc) is 3.08. The van der Waals surface area contributed by atoms with E-state index in [0.717, 1.165) is 23.8 Å². The first-order chi connectivity index (χ1) is 13.2. The maximum absolute atomic E-state index is 11.9. The maximum atomic E-state index is 11.9. The molecule has 0 N–H and O–H groups in total. The molecular weight excluding hydrogens is 360 g/mol. The largest absolute Gasteiger partial charge is 0.462 e. The molecule has 4 rings (SSSR count). The highest BCUT2D eigenvalue weighted by atomic mass is 35.5. The molecule has 2 unspecified atom stereocenters. The third-order valence-corrected chi connectivity index (χ3v) is 5.82. The molecule has 0 amide bonds. The van der Waals surface area contributed by atoms with E-state index >= 15 is 0 Å². The van der Waals surface area contributed by atoms with E-state index in [0.29, 0.717) is 18.2 Å². The van der Waals surface area contributed by atoms with E-state index < -0.39 is 0 Å². The zero-order valence-corrected chi connectivity index (χ0v) is 16.4. The molecule has 5 heteroatoms. The van der Waals surface area contributed by atoms with Crippen LogP contribution >= 0.6 is 11.6 Å². The van der Waals surface area contributed by atoms with Gasteiger partial charge in [-0.3, -0.25) is 4.90 Å². The highest BCUT2D eigenvalue weighted by Crippen LogP contribution is 2.41. The van der Waals surface area contributed by atoms with E-state index in [2.05, 4.69) is 21.9 Å². The molecule has 4 nitrogen and oxygen atoms in total. The third-order valence-electron chi connectivity index (χ3n) is 5.57. The predicted molar refractivity (Wildman–Crippen MR) is 108 cm³/mol. The fourth-order valence-electron chi connectivity index (χ4n) is 4.30. The molecule has 2 atom stereocenters. The van der Waals surface area contributed by atoms with Crippen molar-refractivity contribution in [2.45, 2.75) is 38.4 Å². The number of ether oxygens (including phenoxy) is 1. The van der Waals surface area contributed by atoms with E-state index in [1.165, 1.54) is 24.8 Å². The molecule has 142 valence electrons. The predicted octanol–water partition coefficient (Wildman–Crippen LogP) is 4.89. The molecule has 2 aliphatic heterocycles. The fraction of sp³-hybridized carbons (Fsp3) is 0.409. The summed E-state index contributed by atoms with van der Waals surface area (Å²) in [5, 5.41) is 0.761. The molecule has 2 heterocycles. The average molecular weight is 385 g/mol. The van der Waals surface area contributed by atoms with Crippen LogP contribution in [-0.4, -0.2) is 36.6 Å². The van der Waals surface area contributed by atoms with E-state index in [-0.39, 0.29) is 12.1 Å². The fourth-order valence-corrected chi connectivity index (χ4v) is 4.43. The van der Waals surface area contributed by atoms with E-state index in [9.17, 15) is 4.79 Å². The van der Waals surface area contributed by atoms with Crippen molar-refractivity contribution in [1.29, 1.82) is 0 Å². The summed E-state index contributed by atoms with van der Waals surface area (Å²) in [5.41, 5.74) is 3.00. The van der Waals surface area contributed by atoms with Crippen LogP contribution in [0.2, 0.25) is 5.02 Å². The molecule has 27 heavy (non-hydrogen) atoms. The lowest BCUT2D eigenvalue weighted by atomic mass is 10.0. The van der Waals surface area contributed by atoms with Gasteiger partial charge in [-0.05, 0) is 61.7 Å². The number of esters is 1. The molecule has 0 radical (unpaired) electrons. The lowest BCUT2D eigenvalue weighted by Gasteiger charge is -2.35. The van der Waals surface area contributed by atoms with Gasteiger partial charge in [0.15, 0.2) is 0 Å². The Morgan fingerprint density at radius 2 is 1.85 bits per heavy atom. The van der Waals surface area contributed by atoms with Crippen molar-refractivity contribution < 1.29 is 9.53 Å². The number of fused-ring (bicyclic) bond motifs is 1. The minimum atomic E-state index is -0.267. The van der Waals surface area contributed by atoms with Crippen molar-refractivity contribution in [3.8, 4) is 0 Å². The smallest absolute Gasteiger partial charge is 0.338 e. The molecular formula is C22H25ClN2O2. The van der Waals surface area contributed by atoms with Gasteiger partial charge >= 0.3 is 5.97 Å². The Morgan fingerprint density at radius 1 is 1.11 bits per heavy atom. The summed E-state index contributed by atoms with van der Waals surface area (Å²) < 4.78 is 5.10. The number of benzene rings is 2. The molecule has 2 fully saturated rings. The lowest BCUT2D eigenvalue weighted by Crippen LogP contribution is -2.37. The number of rotatable bonds is 4. The van der Waals surface area contributed by atoms with Crippen LogP contribution < -0.4 is 4.90 Å². The van der Waals surface area contributed by atoms with Gasteiger partial charge < -0.3 is 9.64 Å². The highest BCUT2D eigenvalue weighted by Gasteiger charge is 2.41. The van der Waals surface area contributed by atoms with Gasteiger partial charge in [-0.2, -0.15) is 0 Å². The second kappa shape index (κ2) is 7.91.